The van der Waals surface area contributed by atoms with Crippen LogP contribution in [0.25, 0.3) is 21.9 Å². The van der Waals surface area contributed by atoms with Crippen LogP contribution in [0.4, 0.5) is 36.0 Å². The minimum atomic E-state index is -1.33. The van der Waals surface area contributed by atoms with E-state index in [1.54, 1.807) is 48.5 Å². The average Bonchev–Trinajstić information content (AvgIpc) is 2.74. The summed E-state index contributed by atoms with van der Waals surface area (Å²) >= 11 is 0. The fourth-order valence-corrected chi connectivity index (χ4v) is 3.51. The maximum atomic E-state index is 16.0. The van der Waals surface area contributed by atoms with Crippen molar-refractivity contribution in [1.29, 1.82) is 0 Å². The molecule has 38 heavy (non-hydrogen) atoms. The van der Waals surface area contributed by atoms with Gasteiger partial charge in [-0.2, -0.15) is 0 Å². The Kier molecular flexibility index (Phi) is 7.75. The first-order valence-corrected chi connectivity index (χ1v) is 11.6. The van der Waals surface area contributed by atoms with E-state index < -0.39 is 35.3 Å². The van der Waals surface area contributed by atoms with Crippen LogP contribution in [0.15, 0.2) is 30.7 Å². The highest BCUT2D eigenvalue weighted by atomic mass is 19.1. The lowest BCUT2D eigenvalue weighted by molar-refractivity contribution is 0.0624. The number of carbonyl (C=O) groups excluding carboxylic acids is 2. The van der Waals surface area contributed by atoms with Crippen LogP contribution in [-0.2, 0) is 9.47 Å². The van der Waals surface area contributed by atoms with E-state index in [-0.39, 0.29) is 22.5 Å². The van der Waals surface area contributed by atoms with Crippen LogP contribution >= 0.6 is 0 Å². The molecule has 4 N–H and O–H groups in total. The van der Waals surface area contributed by atoms with Crippen molar-refractivity contribution in [3.05, 3.63) is 42.1 Å². The van der Waals surface area contributed by atoms with Crippen molar-refractivity contribution in [1.82, 2.24) is 9.97 Å². The van der Waals surface area contributed by atoms with Gasteiger partial charge < -0.3 is 14.6 Å². The molecule has 0 aliphatic heterocycles. The summed E-state index contributed by atoms with van der Waals surface area (Å²) in [5, 5.41) is 16.9. The van der Waals surface area contributed by atoms with Crippen LogP contribution in [-0.4, -0.2) is 44.6 Å². The second-order valence-electron chi connectivity index (χ2n) is 10.4. The third-order valence-corrected chi connectivity index (χ3v) is 4.96. The summed E-state index contributed by atoms with van der Waals surface area (Å²) in [7, 11) is 0. The topological polar surface area (TPSA) is 152 Å². The number of nitrogens with zero attached hydrogens (tertiary/aromatic N) is 2. The minimum Gasteiger partial charge on any atom is -0.465 e. The Balaban J connectivity index is 2.16. The van der Waals surface area contributed by atoms with Crippen LogP contribution in [0.3, 0.4) is 0 Å². The van der Waals surface area contributed by atoms with Crippen molar-refractivity contribution < 1.29 is 33.4 Å². The lowest BCUT2D eigenvalue weighted by Crippen LogP contribution is -2.27. The molecule has 0 bridgehead atoms. The van der Waals surface area contributed by atoms with Crippen LogP contribution in [0.2, 0.25) is 0 Å². The number of carbonyl (C=O) groups is 3. The fourth-order valence-electron chi connectivity index (χ4n) is 3.51. The molecule has 3 aromatic rings. The van der Waals surface area contributed by atoms with Gasteiger partial charge in [0, 0.05) is 28.9 Å². The molecule has 0 unspecified atom stereocenters. The van der Waals surface area contributed by atoms with E-state index in [0.29, 0.717) is 22.2 Å². The van der Waals surface area contributed by atoms with Gasteiger partial charge in [0.1, 0.15) is 17.0 Å². The molecule has 1 aromatic carbocycles. The third kappa shape index (κ3) is 7.05. The maximum Gasteiger partial charge on any atom is 0.412 e. The van der Waals surface area contributed by atoms with Crippen molar-refractivity contribution >= 4 is 46.2 Å². The predicted octanol–water partition coefficient (Wildman–Crippen LogP) is 6.53. The van der Waals surface area contributed by atoms with Gasteiger partial charge in [0.05, 0.1) is 17.6 Å². The fraction of sp³-hybridized carbons (Fsp3) is 0.346. The molecule has 2 aromatic heterocycles. The number of carboxylic acid groups (broad SMARTS) is 1. The number of benzene rings is 1. The Bertz CT molecular complexity index is 1410. The molecule has 12 heteroatoms. The van der Waals surface area contributed by atoms with Gasteiger partial charge in [-0.05, 0) is 71.5 Å². The minimum absolute atomic E-state index is 0.000895. The molecular formula is C26H30FN5O6. The van der Waals surface area contributed by atoms with Crippen molar-refractivity contribution in [3.8, 4) is 11.1 Å². The SMILES string of the molecule is Cc1c(NC(=O)OC(C)(C)C)cncc1-c1cc2cc(NC(=O)O)ncc2c(NC(=O)OC(C)(C)C)c1F. The summed E-state index contributed by atoms with van der Waals surface area (Å²) in [6.07, 6.45) is 1.13. The summed E-state index contributed by atoms with van der Waals surface area (Å²) in [5.74, 6) is -0.801. The summed E-state index contributed by atoms with van der Waals surface area (Å²) < 4.78 is 26.6. The molecule has 0 saturated heterocycles. The van der Waals surface area contributed by atoms with Gasteiger partial charge in [0.2, 0.25) is 0 Å². The van der Waals surface area contributed by atoms with Gasteiger partial charge in [-0.3, -0.25) is 20.9 Å². The Morgan fingerprint density at radius 2 is 1.47 bits per heavy atom. The summed E-state index contributed by atoms with van der Waals surface area (Å²) in [5.41, 5.74) is -0.668. The molecule has 3 amide bonds. The van der Waals surface area contributed by atoms with Gasteiger partial charge in [0.25, 0.3) is 0 Å². The molecular weight excluding hydrogens is 497 g/mol. The van der Waals surface area contributed by atoms with Crippen LogP contribution in [0.1, 0.15) is 47.1 Å². The second kappa shape index (κ2) is 10.5. The zero-order chi connectivity index (χ0) is 28.4. The summed E-state index contributed by atoms with van der Waals surface area (Å²) in [4.78, 5) is 44.1. The van der Waals surface area contributed by atoms with Crippen LogP contribution in [0.5, 0.6) is 0 Å². The average molecular weight is 528 g/mol. The molecule has 11 nitrogen and oxygen atoms in total. The van der Waals surface area contributed by atoms with E-state index in [1.165, 1.54) is 30.7 Å². The van der Waals surface area contributed by atoms with Crippen molar-refractivity contribution in [3.63, 3.8) is 0 Å². The Morgan fingerprint density at radius 3 is 2.05 bits per heavy atom. The number of pyridine rings is 2. The van der Waals surface area contributed by atoms with E-state index in [4.69, 9.17) is 14.6 Å². The molecule has 0 aliphatic carbocycles. The Labute approximate surface area is 218 Å². The zero-order valence-electron chi connectivity index (χ0n) is 22.1. The van der Waals surface area contributed by atoms with Crippen molar-refractivity contribution in [2.75, 3.05) is 16.0 Å². The number of aromatic nitrogens is 2. The first kappa shape index (κ1) is 28.1. The van der Waals surface area contributed by atoms with Gasteiger partial charge in [-0.25, -0.2) is 23.8 Å². The van der Waals surface area contributed by atoms with Crippen molar-refractivity contribution in [2.24, 2.45) is 0 Å². The van der Waals surface area contributed by atoms with E-state index >= 15 is 4.39 Å². The number of hydrogen-bond acceptors (Lipinski definition) is 7. The first-order chi connectivity index (χ1) is 17.5. The third-order valence-electron chi connectivity index (χ3n) is 4.96. The first-order valence-electron chi connectivity index (χ1n) is 11.6. The van der Waals surface area contributed by atoms with E-state index in [1.807, 2.05) is 0 Å². The Hall–Kier alpha value is -4.48. The number of ether oxygens (including phenoxy) is 2. The van der Waals surface area contributed by atoms with Gasteiger partial charge in [0.15, 0.2) is 5.82 Å². The molecule has 0 aliphatic rings. The smallest absolute Gasteiger partial charge is 0.412 e. The lowest BCUT2D eigenvalue weighted by Gasteiger charge is -2.22. The lowest BCUT2D eigenvalue weighted by atomic mass is 9.97. The van der Waals surface area contributed by atoms with Gasteiger partial charge in [-0.1, -0.05) is 0 Å². The highest BCUT2D eigenvalue weighted by Gasteiger charge is 2.24. The number of hydrogen-bond donors (Lipinski definition) is 4. The molecule has 0 saturated carbocycles. The van der Waals surface area contributed by atoms with Crippen LogP contribution < -0.4 is 16.0 Å². The maximum absolute atomic E-state index is 16.0. The van der Waals surface area contributed by atoms with Gasteiger partial charge in [-0.15, -0.1) is 0 Å². The number of fused-ring (bicyclic) bond motifs is 1. The van der Waals surface area contributed by atoms with E-state index in [2.05, 4.69) is 25.9 Å². The van der Waals surface area contributed by atoms with Crippen LogP contribution in [0, 0.1) is 12.7 Å². The standard InChI is InChI=1S/C26H30FN5O6/c1-13-16(10-28-12-18(13)30-23(35)37-25(2,3)4)15-8-14-9-19(31-22(33)34)29-11-17(14)21(20(15)27)32-24(36)38-26(5,6)7/h8-12H,1-7H3,(H,29,31)(H,30,35)(H,32,36)(H,33,34). The normalized spacial score (nSPS) is 11.6. The summed E-state index contributed by atoms with van der Waals surface area (Å²) in [6, 6.07) is 2.87. The van der Waals surface area contributed by atoms with E-state index in [0.717, 1.165) is 0 Å². The predicted molar refractivity (Wildman–Crippen MR) is 141 cm³/mol. The largest absolute Gasteiger partial charge is 0.465 e. The van der Waals surface area contributed by atoms with E-state index in [9.17, 15) is 14.4 Å². The number of amides is 3. The molecule has 2 heterocycles. The molecule has 3 rings (SSSR count). The molecule has 0 fully saturated rings. The number of halogens is 1. The highest BCUT2D eigenvalue weighted by Crippen LogP contribution is 2.38. The molecule has 0 spiro atoms. The van der Waals surface area contributed by atoms with Gasteiger partial charge >= 0.3 is 18.3 Å². The Morgan fingerprint density at radius 1 is 0.868 bits per heavy atom. The molecule has 202 valence electrons. The quantitative estimate of drug-likeness (QED) is 0.299. The highest BCUT2D eigenvalue weighted by molar-refractivity contribution is 6.04. The molecule has 0 atom stereocenters. The number of nitrogens with one attached hydrogen (secondary N) is 3. The monoisotopic (exact) mass is 527 g/mol. The van der Waals surface area contributed by atoms with Crippen molar-refractivity contribution in [2.45, 2.75) is 59.7 Å². The molecule has 0 radical (unpaired) electrons. The number of rotatable bonds is 4. The zero-order valence-corrected chi connectivity index (χ0v) is 22.1. The number of anilines is 3. The summed E-state index contributed by atoms with van der Waals surface area (Å²) in [6.45, 7) is 11.8. The second-order valence-corrected chi connectivity index (χ2v) is 10.4.